The molecule has 2 N–H and O–H groups in total. The van der Waals surface area contributed by atoms with Gasteiger partial charge >= 0.3 is 0 Å². The second-order valence-electron chi connectivity index (χ2n) is 7.20. The predicted octanol–water partition coefficient (Wildman–Crippen LogP) is 4.71. The summed E-state index contributed by atoms with van der Waals surface area (Å²) in [5.41, 5.74) is 1.87. The summed E-state index contributed by atoms with van der Waals surface area (Å²) in [7, 11) is -3.96. The highest BCUT2D eigenvalue weighted by Gasteiger charge is 2.17. The maximum atomic E-state index is 14.1. The molecular weight excluding hydrogens is 445 g/mol. The standard InChI is InChI=1S/C23H28FN5O3S/c1-5-29(6-2)22-14-16(4)25-23(27-22)26-17-8-10-18(11-9-17)28-33(30,31)19-12-13-21(32-7-3)20(24)15-19/h8-15,28H,5-7H2,1-4H3,(H,25,26,27). The molecule has 0 saturated carbocycles. The van der Waals surface area contributed by atoms with Gasteiger partial charge in [-0.2, -0.15) is 4.98 Å². The molecule has 3 rings (SSSR count). The van der Waals surface area contributed by atoms with Crippen molar-refractivity contribution in [3.63, 3.8) is 0 Å². The van der Waals surface area contributed by atoms with E-state index in [-0.39, 0.29) is 17.3 Å². The number of anilines is 4. The average Bonchev–Trinajstić information content (AvgIpc) is 2.77. The zero-order valence-corrected chi connectivity index (χ0v) is 19.9. The topological polar surface area (TPSA) is 96.5 Å². The summed E-state index contributed by atoms with van der Waals surface area (Å²) in [5, 5.41) is 3.15. The summed E-state index contributed by atoms with van der Waals surface area (Å²) in [6, 6.07) is 12.1. The maximum absolute atomic E-state index is 14.1. The van der Waals surface area contributed by atoms with Gasteiger partial charge in [-0.25, -0.2) is 17.8 Å². The first kappa shape index (κ1) is 24.2. The van der Waals surface area contributed by atoms with Gasteiger partial charge in [-0.15, -0.1) is 0 Å². The highest BCUT2D eigenvalue weighted by atomic mass is 32.2. The van der Waals surface area contributed by atoms with Crippen molar-refractivity contribution in [1.29, 1.82) is 0 Å². The molecule has 0 bridgehead atoms. The van der Waals surface area contributed by atoms with E-state index < -0.39 is 15.8 Å². The van der Waals surface area contributed by atoms with Gasteiger partial charge < -0.3 is 15.0 Å². The minimum Gasteiger partial charge on any atom is -0.491 e. The normalized spacial score (nSPS) is 11.2. The van der Waals surface area contributed by atoms with Gasteiger partial charge in [0.1, 0.15) is 5.82 Å². The zero-order chi connectivity index (χ0) is 24.0. The highest BCUT2D eigenvalue weighted by Crippen LogP contribution is 2.24. The molecule has 3 aromatic rings. The van der Waals surface area contributed by atoms with Crippen LogP contribution in [0.25, 0.3) is 0 Å². The van der Waals surface area contributed by atoms with Gasteiger partial charge in [0, 0.05) is 36.2 Å². The first-order chi connectivity index (χ1) is 15.7. The number of ether oxygens (including phenoxy) is 1. The number of aromatic nitrogens is 2. The number of halogens is 1. The maximum Gasteiger partial charge on any atom is 0.262 e. The van der Waals surface area contributed by atoms with Gasteiger partial charge in [0.15, 0.2) is 11.6 Å². The molecule has 0 amide bonds. The summed E-state index contributed by atoms with van der Waals surface area (Å²) >= 11 is 0. The van der Waals surface area contributed by atoms with E-state index in [9.17, 15) is 12.8 Å². The highest BCUT2D eigenvalue weighted by molar-refractivity contribution is 7.92. The van der Waals surface area contributed by atoms with Gasteiger partial charge in [0.2, 0.25) is 5.95 Å². The number of sulfonamides is 1. The zero-order valence-electron chi connectivity index (χ0n) is 19.1. The lowest BCUT2D eigenvalue weighted by molar-refractivity contribution is 0.321. The second-order valence-corrected chi connectivity index (χ2v) is 8.88. The fourth-order valence-electron chi connectivity index (χ4n) is 3.20. The third kappa shape index (κ3) is 6.10. The van der Waals surface area contributed by atoms with Crippen LogP contribution >= 0.6 is 0 Å². The van der Waals surface area contributed by atoms with Crippen LogP contribution in [0.3, 0.4) is 0 Å². The SMILES string of the molecule is CCOc1ccc(S(=O)(=O)Nc2ccc(Nc3nc(C)cc(N(CC)CC)n3)cc2)cc1F. The van der Waals surface area contributed by atoms with Crippen molar-refractivity contribution < 1.29 is 17.5 Å². The molecule has 0 aliphatic heterocycles. The Hall–Kier alpha value is -3.40. The molecule has 0 spiro atoms. The second kappa shape index (κ2) is 10.5. The molecule has 0 atom stereocenters. The van der Waals surface area contributed by atoms with Crippen molar-refractivity contribution in [2.75, 3.05) is 34.6 Å². The van der Waals surface area contributed by atoms with Crippen LogP contribution in [0.5, 0.6) is 5.75 Å². The number of benzene rings is 2. The Kier molecular flexibility index (Phi) is 7.70. The monoisotopic (exact) mass is 473 g/mol. The summed E-state index contributed by atoms with van der Waals surface area (Å²) in [6.07, 6.45) is 0. The lowest BCUT2D eigenvalue weighted by Crippen LogP contribution is -2.23. The van der Waals surface area contributed by atoms with Gasteiger partial charge in [0.25, 0.3) is 10.0 Å². The van der Waals surface area contributed by atoms with E-state index in [2.05, 4.69) is 38.8 Å². The van der Waals surface area contributed by atoms with E-state index >= 15 is 0 Å². The molecule has 8 nitrogen and oxygen atoms in total. The van der Waals surface area contributed by atoms with Gasteiger partial charge in [0.05, 0.1) is 11.5 Å². The number of nitrogens with one attached hydrogen (secondary N) is 2. The van der Waals surface area contributed by atoms with E-state index in [0.717, 1.165) is 30.7 Å². The molecule has 33 heavy (non-hydrogen) atoms. The Bertz CT molecular complexity index is 1200. The van der Waals surface area contributed by atoms with Crippen molar-refractivity contribution in [3.8, 4) is 5.75 Å². The number of rotatable bonds is 10. The van der Waals surface area contributed by atoms with Crippen molar-refractivity contribution in [1.82, 2.24) is 9.97 Å². The van der Waals surface area contributed by atoms with Crippen LogP contribution < -0.4 is 19.7 Å². The summed E-state index contributed by atoms with van der Waals surface area (Å²) in [4.78, 5) is 10.9. The fraction of sp³-hybridized carbons (Fsp3) is 0.304. The van der Waals surface area contributed by atoms with Crippen LogP contribution in [0.4, 0.5) is 27.5 Å². The van der Waals surface area contributed by atoms with E-state index in [4.69, 9.17) is 4.74 Å². The molecule has 0 radical (unpaired) electrons. The number of hydrogen-bond donors (Lipinski definition) is 2. The fourth-order valence-corrected chi connectivity index (χ4v) is 4.27. The largest absolute Gasteiger partial charge is 0.491 e. The van der Waals surface area contributed by atoms with Crippen LogP contribution in [0.1, 0.15) is 26.5 Å². The average molecular weight is 474 g/mol. The molecule has 0 aliphatic carbocycles. The Morgan fingerprint density at radius 3 is 2.24 bits per heavy atom. The van der Waals surface area contributed by atoms with Gasteiger partial charge in [-0.1, -0.05) is 0 Å². The van der Waals surface area contributed by atoms with Crippen LogP contribution in [0, 0.1) is 12.7 Å². The summed E-state index contributed by atoms with van der Waals surface area (Å²) in [5.74, 6) is 0.563. The van der Waals surface area contributed by atoms with Crippen molar-refractivity contribution in [2.45, 2.75) is 32.6 Å². The number of nitrogens with zero attached hydrogens (tertiary/aromatic N) is 3. The summed E-state index contributed by atoms with van der Waals surface area (Å²) < 4.78 is 46.9. The molecule has 1 heterocycles. The molecule has 0 saturated heterocycles. The quantitative estimate of drug-likeness (QED) is 0.440. The van der Waals surface area contributed by atoms with Crippen LogP contribution in [0.15, 0.2) is 53.4 Å². The predicted molar refractivity (Wildman–Crippen MR) is 128 cm³/mol. The molecule has 0 fully saturated rings. The Morgan fingerprint density at radius 1 is 0.970 bits per heavy atom. The first-order valence-corrected chi connectivity index (χ1v) is 12.2. The molecule has 2 aromatic carbocycles. The summed E-state index contributed by atoms with van der Waals surface area (Å²) in [6.45, 7) is 9.71. The third-order valence-electron chi connectivity index (χ3n) is 4.83. The lowest BCUT2D eigenvalue weighted by atomic mass is 10.3. The Labute approximate surface area is 193 Å². The molecule has 1 aromatic heterocycles. The van der Waals surface area contributed by atoms with E-state index in [1.807, 2.05) is 13.0 Å². The molecule has 176 valence electrons. The Morgan fingerprint density at radius 2 is 1.64 bits per heavy atom. The van der Waals surface area contributed by atoms with E-state index in [1.54, 1.807) is 31.2 Å². The number of hydrogen-bond acceptors (Lipinski definition) is 7. The van der Waals surface area contributed by atoms with Crippen molar-refractivity contribution in [3.05, 3.63) is 60.0 Å². The minimum absolute atomic E-state index is 0.00870. The van der Waals surface area contributed by atoms with Crippen molar-refractivity contribution in [2.24, 2.45) is 0 Å². The minimum atomic E-state index is -3.96. The first-order valence-electron chi connectivity index (χ1n) is 10.7. The number of aryl methyl sites for hydroxylation is 1. The van der Waals surface area contributed by atoms with Crippen LogP contribution in [-0.2, 0) is 10.0 Å². The molecule has 0 unspecified atom stereocenters. The Balaban J connectivity index is 1.74. The van der Waals surface area contributed by atoms with Crippen molar-refractivity contribution >= 4 is 33.2 Å². The van der Waals surface area contributed by atoms with Gasteiger partial charge in [-0.3, -0.25) is 4.72 Å². The third-order valence-corrected chi connectivity index (χ3v) is 6.21. The van der Waals surface area contributed by atoms with E-state index in [1.165, 1.54) is 12.1 Å². The lowest BCUT2D eigenvalue weighted by Gasteiger charge is -2.20. The van der Waals surface area contributed by atoms with Crippen LogP contribution in [0.2, 0.25) is 0 Å². The molecule has 10 heteroatoms. The molecule has 0 aliphatic rings. The van der Waals surface area contributed by atoms with Gasteiger partial charge in [-0.05, 0) is 70.2 Å². The van der Waals surface area contributed by atoms with Crippen LogP contribution in [-0.4, -0.2) is 38.1 Å². The smallest absolute Gasteiger partial charge is 0.262 e. The van der Waals surface area contributed by atoms with E-state index in [0.29, 0.717) is 17.3 Å². The molecular formula is C23H28FN5O3S.